The van der Waals surface area contributed by atoms with E-state index in [1.807, 2.05) is 12.3 Å². The average molecular weight is 357 g/mol. The highest BCUT2D eigenvalue weighted by Crippen LogP contribution is 2.30. The Labute approximate surface area is 142 Å². The minimum Gasteiger partial charge on any atom is -0.331 e. The Hall–Kier alpha value is -2.09. The van der Waals surface area contributed by atoms with Crippen LogP contribution in [-0.2, 0) is 12.7 Å². The third-order valence-electron chi connectivity index (χ3n) is 3.47. The molecular formula is C16H18F3N3OS. The van der Waals surface area contributed by atoms with Gasteiger partial charge in [0.15, 0.2) is 0 Å². The van der Waals surface area contributed by atoms with Gasteiger partial charge in [0.05, 0.1) is 28.9 Å². The molecule has 0 bridgehead atoms. The van der Waals surface area contributed by atoms with Gasteiger partial charge < -0.3 is 10.2 Å². The minimum atomic E-state index is -4.40. The first-order valence-corrected chi connectivity index (χ1v) is 8.14. The Bertz CT molecular complexity index is 715. The monoisotopic (exact) mass is 357 g/mol. The van der Waals surface area contributed by atoms with Crippen LogP contribution in [0, 0.1) is 6.92 Å². The Morgan fingerprint density at radius 2 is 2.12 bits per heavy atom. The van der Waals surface area contributed by atoms with E-state index in [4.69, 9.17) is 0 Å². The van der Waals surface area contributed by atoms with Gasteiger partial charge in [-0.3, -0.25) is 0 Å². The maximum atomic E-state index is 12.8. The van der Waals surface area contributed by atoms with Crippen molar-refractivity contribution in [2.75, 3.05) is 7.05 Å². The molecule has 0 unspecified atom stereocenters. The molecule has 1 atom stereocenters. The number of hydrogen-bond acceptors (Lipinski definition) is 3. The second kappa shape index (κ2) is 7.21. The second-order valence-corrected chi connectivity index (χ2v) is 6.57. The molecule has 0 saturated heterocycles. The summed E-state index contributed by atoms with van der Waals surface area (Å²) < 4.78 is 38.3. The van der Waals surface area contributed by atoms with Crippen molar-refractivity contribution in [3.8, 4) is 0 Å². The first-order chi connectivity index (χ1) is 11.2. The molecule has 0 aliphatic rings. The fourth-order valence-electron chi connectivity index (χ4n) is 2.16. The number of carbonyl (C=O) groups excluding carboxylic acids is 1. The third kappa shape index (κ3) is 4.70. The molecular weight excluding hydrogens is 339 g/mol. The number of benzene rings is 1. The molecule has 1 N–H and O–H groups in total. The molecule has 130 valence electrons. The summed E-state index contributed by atoms with van der Waals surface area (Å²) in [4.78, 5) is 17.9. The van der Waals surface area contributed by atoms with Gasteiger partial charge in [-0.05, 0) is 31.5 Å². The normalized spacial score (nSPS) is 12.8. The lowest BCUT2D eigenvalue weighted by atomic mass is 10.1. The van der Waals surface area contributed by atoms with Crippen molar-refractivity contribution in [3.05, 3.63) is 51.5 Å². The number of amides is 2. The molecule has 4 nitrogen and oxygen atoms in total. The van der Waals surface area contributed by atoms with E-state index in [1.165, 1.54) is 22.3 Å². The quantitative estimate of drug-likeness (QED) is 0.883. The highest BCUT2D eigenvalue weighted by molar-refractivity contribution is 7.09. The Morgan fingerprint density at radius 1 is 1.42 bits per heavy atom. The number of alkyl halides is 3. The van der Waals surface area contributed by atoms with Crippen LogP contribution >= 0.6 is 11.3 Å². The van der Waals surface area contributed by atoms with Crippen molar-refractivity contribution in [1.82, 2.24) is 15.2 Å². The number of aromatic nitrogens is 1. The Kier molecular flexibility index (Phi) is 5.48. The summed E-state index contributed by atoms with van der Waals surface area (Å²) in [5.41, 5.74) is 0.449. The maximum absolute atomic E-state index is 12.8. The fourth-order valence-corrected chi connectivity index (χ4v) is 2.76. The molecule has 0 aliphatic heterocycles. The zero-order valence-corrected chi connectivity index (χ0v) is 14.3. The van der Waals surface area contributed by atoms with Crippen LogP contribution in [-0.4, -0.2) is 23.0 Å². The van der Waals surface area contributed by atoms with Crippen LogP contribution in [0.3, 0.4) is 0 Å². The lowest BCUT2D eigenvalue weighted by molar-refractivity contribution is -0.137. The predicted octanol–water partition coefficient (Wildman–Crippen LogP) is 4.37. The summed E-state index contributed by atoms with van der Waals surface area (Å²) in [6.45, 7) is 3.86. The second-order valence-electron chi connectivity index (χ2n) is 5.51. The number of nitrogens with zero attached hydrogens (tertiary/aromatic N) is 2. The number of nitrogens with one attached hydrogen (secondary N) is 1. The van der Waals surface area contributed by atoms with E-state index in [2.05, 4.69) is 10.3 Å². The summed E-state index contributed by atoms with van der Waals surface area (Å²) in [7, 11) is 1.61. The maximum Gasteiger partial charge on any atom is 0.416 e. The van der Waals surface area contributed by atoms with Gasteiger partial charge in [-0.2, -0.15) is 13.2 Å². The van der Waals surface area contributed by atoms with Crippen LogP contribution in [0.4, 0.5) is 18.0 Å². The minimum absolute atomic E-state index is 0.339. The smallest absolute Gasteiger partial charge is 0.331 e. The fraction of sp³-hybridized carbons (Fsp3) is 0.375. The van der Waals surface area contributed by atoms with Gasteiger partial charge in [-0.25, -0.2) is 9.78 Å². The molecule has 1 aromatic heterocycles. The molecule has 2 rings (SSSR count). The van der Waals surface area contributed by atoms with Gasteiger partial charge in [0, 0.05) is 12.4 Å². The van der Waals surface area contributed by atoms with E-state index in [9.17, 15) is 18.0 Å². The number of urea groups is 1. The lowest BCUT2D eigenvalue weighted by Crippen LogP contribution is -2.38. The lowest BCUT2D eigenvalue weighted by Gasteiger charge is -2.21. The van der Waals surface area contributed by atoms with Crippen LogP contribution in [0.2, 0.25) is 0 Å². The summed E-state index contributed by atoms with van der Waals surface area (Å²) >= 11 is 1.50. The first kappa shape index (κ1) is 18.3. The van der Waals surface area contributed by atoms with Crippen molar-refractivity contribution in [1.29, 1.82) is 0 Å². The number of aryl methyl sites for hydroxylation is 1. The van der Waals surface area contributed by atoms with E-state index < -0.39 is 17.8 Å². The van der Waals surface area contributed by atoms with E-state index in [1.54, 1.807) is 20.0 Å². The SMILES string of the molecule is Cc1nc(CN(C)C(=O)N[C@@H](C)c2cccc(C(F)(F)F)c2)cs1. The third-order valence-corrected chi connectivity index (χ3v) is 4.29. The van der Waals surface area contributed by atoms with Gasteiger partial charge in [0.25, 0.3) is 0 Å². The van der Waals surface area contributed by atoms with Crippen molar-refractivity contribution >= 4 is 17.4 Å². The van der Waals surface area contributed by atoms with Crippen molar-refractivity contribution < 1.29 is 18.0 Å². The van der Waals surface area contributed by atoms with Gasteiger partial charge in [0.2, 0.25) is 0 Å². The molecule has 24 heavy (non-hydrogen) atoms. The van der Waals surface area contributed by atoms with Gasteiger partial charge in [-0.15, -0.1) is 11.3 Å². The largest absolute Gasteiger partial charge is 0.416 e. The Morgan fingerprint density at radius 3 is 2.71 bits per heavy atom. The molecule has 0 aliphatic carbocycles. The van der Waals surface area contributed by atoms with Crippen molar-refractivity contribution in [2.24, 2.45) is 0 Å². The molecule has 1 heterocycles. The van der Waals surface area contributed by atoms with Crippen molar-refractivity contribution in [2.45, 2.75) is 32.6 Å². The number of hydrogen-bond donors (Lipinski definition) is 1. The molecule has 0 radical (unpaired) electrons. The van der Waals surface area contributed by atoms with E-state index in [0.29, 0.717) is 12.1 Å². The first-order valence-electron chi connectivity index (χ1n) is 7.26. The highest BCUT2D eigenvalue weighted by atomic mass is 32.1. The number of halogens is 3. The molecule has 8 heteroatoms. The van der Waals surface area contributed by atoms with Crippen LogP contribution in [0.1, 0.15) is 34.8 Å². The van der Waals surface area contributed by atoms with Crippen LogP contribution in [0.15, 0.2) is 29.6 Å². The molecule has 2 amide bonds. The van der Waals surface area contributed by atoms with Gasteiger partial charge in [0.1, 0.15) is 0 Å². The topological polar surface area (TPSA) is 45.2 Å². The number of thiazole rings is 1. The summed E-state index contributed by atoms with van der Waals surface area (Å²) in [5.74, 6) is 0. The summed E-state index contributed by atoms with van der Waals surface area (Å²) in [6.07, 6.45) is -4.40. The van der Waals surface area contributed by atoms with Crippen LogP contribution in [0.25, 0.3) is 0 Å². The van der Waals surface area contributed by atoms with Crippen LogP contribution < -0.4 is 5.32 Å². The van der Waals surface area contributed by atoms with Gasteiger partial charge >= 0.3 is 12.2 Å². The summed E-state index contributed by atoms with van der Waals surface area (Å²) in [6, 6.07) is 4.04. The average Bonchev–Trinajstić information content (AvgIpc) is 2.91. The van der Waals surface area contributed by atoms with Crippen molar-refractivity contribution in [3.63, 3.8) is 0 Å². The predicted molar refractivity (Wildman–Crippen MR) is 86.7 cm³/mol. The number of rotatable bonds is 4. The van der Waals surface area contributed by atoms with E-state index in [-0.39, 0.29) is 6.03 Å². The Balaban J connectivity index is 2.00. The van der Waals surface area contributed by atoms with E-state index >= 15 is 0 Å². The van der Waals surface area contributed by atoms with Crippen LogP contribution in [0.5, 0.6) is 0 Å². The van der Waals surface area contributed by atoms with E-state index in [0.717, 1.165) is 22.8 Å². The zero-order valence-electron chi connectivity index (χ0n) is 13.5. The molecule has 0 spiro atoms. The standard InChI is InChI=1S/C16H18F3N3OS/c1-10(12-5-4-6-13(7-12)16(17,18)19)20-15(23)22(3)8-14-9-24-11(2)21-14/h4-7,9-10H,8H2,1-3H3,(H,20,23)/t10-/m0/s1. The van der Waals surface area contributed by atoms with Gasteiger partial charge in [-0.1, -0.05) is 12.1 Å². The zero-order chi connectivity index (χ0) is 17.9. The number of carbonyl (C=O) groups is 1. The molecule has 1 aromatic carbocycles. The molecule has 0 saturated carbocycles. The molecule has 2 aromatic rings. The summed E-state index contributed by atoms with van der Waals surface area (Å²) in [5, 5.41) is 5.48. The highest BCUT2D eigenvalue weighted by Gasteiger charge is 2.30. The molecule has 0 fully saturated rings.